The molecule has 0 atom stereocenters. The van der Waals surface area contributed by atoms with Crippen LogP contribution in [-0.4, -0.2) is 19.8 Å². The summed E-state index contributed by atoms with van der Waals surface area (Å²) in [5.74, 6) is 0. The van der Waals surface area contributed by atoms with Crippen molar-refractivity contribution in [1.29, 1.82) is 0 Å². The molecular formula is C2H3ClTe. The first-order chi connectivity index (χ1) is 1.91. The van der Waals surface area contributed by atoms with Crippen LogP contribution in [0, 0.1) is 0 Å². The molecule has 0 N–H and O–H groups in total. The molecule has 0 amide bonds. The number of halogens is 1. The van der Waals surface area contributed by atoms with Gasteiger partial charge in [-0.1, -0.05) is 0 Å². The van der Waals surface area contributed by atoms with Gasteiger partial charge in [0.25, 0.3) is 0 Å². The molecule has 24 valence electrons. The van der Waals surface area contributed by atoms with Crippen molar-refractivity contribution in [1.82, 2.24) is 0 Å². The van der Waals surface area contributed by atoms with Gasteiger partial charge in [-0.3, -0.25) is 0 Å². The Morgan fingerprint density at radius 3 is 2.25 bits per heavy atom. The zero-order valence-electron chi connectivity index (χ0n) is 2.07. The van der Waals surface area contributed by atoms with E-state index in [0.29, 0.717) is 0 Å². The summed E-state index contributed by atoms with van der Waals surface area (Å²) in [6.07, 6.45) is 0. The van der Waals surface area contributed by atoms with Crippen LogP contribution in [0.5, 0.6) is 0 Å². The Hall–Kier alpha value is 0.820. The average Bonchev–Trinajstić information content (AvgIpc) is 1.37. The third kappa shape index (κ3) is 2.82. The molecule has 0 bridgehead atoms. The van der Waals surface area contributed by atoms with Crippen LogP contribution in [0.2, 0.25) is 0 Å². The summed E-state index contributed by atoms with van der Waals surface area (Å²) >= 11 is -0.282. The van der Waals surface area contributed by atoms with Crippen LogP contribution in [0.25, 0.3) is 0 Å². The van der Waals surface area contributed by atoms with Crippen LogP contribution < -0.4 is 0 Å². The number of rotatable bonds is 1. The Labute approximate surface area is 39.7 Å². The predicted molar refractivity (Wildman–Crippen MR) is 21.8 cm³/mol. The standard InChI is InChI=1S/C2H3ClTe/c1-2-4-3/h2H,1H2. The third-order valence-corrected chi connectivity index (χ3v) is 1.27. The van der Waals surface area contributed by atoms with E-state index in [-0.39, 0.29) is 19.8 Å². The van der Waals surface area contributed by atoms with Crippen molar-refractivity contribution >= 4 is 28.8 Å². The van der Waals surface area contributed by atoms with E-state index in [1.165, 1.54) is 0 Å². The molecule has 0 heterocycles. The first-order valence-electron chi connectivity index (χ1n) is 0.798. The molecule has 0 radical (unpaired) electrons. The summed E-state index contributed by atoms with van der Waals surface area (Å²) in [5, 5.41) is 0. The molecule has 2 heteroatoms. The molecule has 0 spiro atoms. The van der Waals surface area contributed by atoms with Crippen molar-refractivity contribution in [3.8, 4) is 0 Å². The van der Waals surface area contributed by atoms with Crippen LogP contribution in [-0.2, 0) is 0 Å². The summed E-state index contributed by atoms with van der Waals surface area (Å²) in [7, 11) is 5.20. The maximum atomic E-state index is 5.20. The number of hydrogen-bond donors (Lipinski definition) is 0. The molecule has 0 aromatic carbocycles. The van der Waals surface area contributed by atoms with E-state index < -0.39 is 0 Å². The molecule has 0 aromatic rings. The van der Waals surface area contributed by atoms with E-state index in [1.807, 2.05) is 0 Å². The van der Waals surface area contributed by atoms with Crippen molar-refractivity contribution < 1.29 is 0 Å². The van der Waals surface area contributed by atoms with Crippen molar-refractivity contribution in [2.75, 3.05) is 0 Å². The zero-order chi connectivity index (χ0) is 3.41. The van der Waals surface area contributed by atoms with Crippen molar-refractivity contribution in [3.05, 3.63) is 10.7 Å². The fourth-order valence-electron chi connectivity index (χ4n) is 0. The van der Waals surface area contributed by atoms with Gasteiger partial charge < -0.3 is 0 Å². The summed E-state index contributed by atoms with van der Waals surface area (Å²) in [6, 6.07) is 0. The van der Waals surface area contributed by atoms with E-state index in [2.05, 4.69) is 6.58 Å². The molecular weight excluding hydrogens is 187 g/mol. The normalized spacial score (nSPS) is 6.25. The quantitative estimate of drug-likeness (QED) is 0.541. The zero-order valence-corrected chi connectivity index (χ0v) is 5.16. The molecule has 0 unspecified atom stereocenters. The van der Waals surface area contributed by atoms with Gasteiger partial charge in [0.2, 0.25) is 0 Å². The van der Waals surface area contributed by atoms with Gasteiger partial charge in [0.05, 0.1) is 0 Å². The molecule has 0 aliphatic heterocycles. The van der Waals surface area contributed by atoms with E-state index in [4.69, 9.17) is 8.96 Å². The second-order valence-electron chi connectivity index (χ2n) is 0.256. The molecule has 0 saturated carbocycles. The van der Waals surface area contributed by atoms with Gasteiger partial charge in [0.1, 0.15) is 0 Å². The fourth-order valence-corrected chi connectivity index (χ4v) is 0. The third-order valence-electron chi connectivity index (χ3n) is 0.0630. The summed E-state index contributed by atoms with van der Waals surface area (Å²) in [6.45, 7) is 3.40. The van der Waals surface area contributed by atoms with Gasteiger partial charge in [0, 0.05) is 0 Å². The summed E-state index contributed by atoms with van der Waals surface area (Å²) < 4.78 is 1.77. The van der Waals surface area contributed by atoms with E-state index in [1.54, 1.807) is 4.12 Å². The van der Waals surface area contributed by atoms with Gasteiger partial charge in [-0.05, 0) is 0 Å². The minimum atomic E-state index is -0.282. The number of hydrogen-bond acceptors (Lipinski definition) is 0. The van der Waals surface area contributed by atoms with E-state index in [9.17, 15) is 0 Å². The van der Waals surface area contributed by atoms with Crippen molar-refractivity contribution in [2.45, 2.75) is 0 Å². The second-order valence-corrected chi connectivity index (χ2v) is 2.91. The second kappa shape index (κ2) is 3.82. The first-order valence-corrected chi connectivity index (χ1v) is 5.09. The van der Waals surface area contributed by atoms with Crippen LogP contribution in [0.4, 0.5) is 0 Å². The molecule has 0 aromatic heterocycles. The van der Waals surface area contributed by atoms with Crippen LogP contribution in [0.15, 0.2) is 10.7 Å². The van der Waals surface area contributed by atoms with Gasteiger partial charge in [-0.25, -0.2) is 0 Å². The molecule has 0 nitrogen and oxygen atoms in total. The summed E-state index contributed by atoms with van der Waals surface area (Å²) in [5.41, 5.74) is 0. The van der Waals surface area contributed by atoms with Crippen LogP contribution >= 0.6 is 8.96 Å². The topological polar surface area (TPSA) is 0 Å². The van der Waals surface area contributed by atoms with Gasteiger partial charge in [-0.2, -0.15) is 0 Å². The molecule has 0 aliphatic rings. The van der Waals surface area contributed by atoms with Crippen molar-refractivity contribution in [3.63, 3.8) is 0 Å². The SMILES string of the molecule is C=C[Te]Cl. The van der Waals surface area contributed by atoms with Crippen LogP contribution in [0.3, 0.4) is 0 Å². The van der Waals surface area contributed by atoms with Gasteiger partial charge in [0.15, 0.2) is 0 Å². The Bertz CT molecular complexity index is 20.0. The average molecular weight is 190 g/mol. The molecule has 0 rings (SSSR count). The maximum absolute atomic E-state index is 5.20. The van der Waals surface area contributed by atoms with Gasteiger partial charge >= 0.3 is 39.5 Å². The Morgan fingerprint density at radius 2 is 2.25 bits per heavy atom. The van der Waals surface area contributed by atoms with Gasteiger partial charge in [-0.15, -0.1) is 0 Å². The fraction of sp³-hybridized carbons (Fsp3) is 0. The first kappa shape index (κ1) is 4.82. The molecule has 0 saturated heterocycles. The monoisotopic (exact) mass is 192 g/mol. The predicted octanol–water partition coefficient (Wildman–Crippen LogP) is 0.988. The van der Waals surface area contributed by atoms with Crippen molar-refractivity contribution in [2.24, 2.45) is 0 Å². The molecule has 0 aliphatic carbocycles. The Morgan fingerprint density at radius 1 is 2.00 bits per heavy atom. The minimum absolute atomic E-state index is 0.282. The van der Waals surface area contributed by atoms with Crippen LogP contribution in [0.1, 0.15) is 0 Å². The van der Waals surface area contributed by atoms with E-state index >= 15 is 0 Å². The summed E-state index contributed by atoms with van der Waals surface area (Å²) in [4.78, 5) is 0. The Balaban J connectivity index is 2.30. The molecule has 4 heavy (non-hydrogen) atoms. The van der Waals surface area contributed by atoms with E-state index in [0.717, 1.165) is 0 Å². The Kier molecular flexibility index (Phi) is 4.60. The molecule has 0 fully saturated rings.